The minimum atomic E-state index is -0.836. The first-order valence-corrected chi connectivity index (χ1v) is 7.91. The van der Waals surface area contributed by atoms with E-state index in [9.17, 15) is 9.90 Å². The Morgan fingerprint density at radius 1 is 1.00 bits per heavy atom. The average molecular weight is 293 g/mol. The van der Waals surface area contributed by atoms with E-state index < -0.39 is 5.97 Å². The molecule has 22 heavy (non-hydrogen) atoms. The molecule has 1 saturated heterocycles. The zero-order valence-electron chi connectivity index (χ0n) is 12.4. The SMILES string of the molecule is O=C(O)c1ccccc1[C@@H]1CN2CCC[C@H]2c2ccccc21. The molecule has 3 heteroatoms. The van der Waals surface area contributed by atoms with E-state index in [1.54, 1.807) is 12.1 Å². The van der Waals surface area contributed by atoms with Crippen LogP contribution in [0.3, 0.4) is 0 Å². The Bertz CT molecular complexity index is 725. The fourth-order valence-electron chi connectivity index (χ4n) is 4.12. The molecule has 2 heterocycles. The van der Waals surface area contributed by atoms with Crippen LogP contribution in [0.4, 0.5) is 0 Å². The predicted molar refractivity (Wildman–Crippen MR) is 85.2 cm³/mol. The molecule has 2 aliphatic rings. The second-order valence-electron chi connectivity index (χ2n) is 6.23. The van der Waals surface area contributed by atoms with Gasteiger partial charge in [0.25, 0.3) is 0 Å². The molecule has 0 aliphatic carbocycles. The summed E-state index contributed by atoms with van der Waals surface area (Å²) in [7, 11) is 0. The number of carbonyl (C=O) groups is 1. The molecule has 1 fully saturated rings. The van der Waals surface area contributed by atoms with Gasteiger partial charge in [0.2, 0.25) is 0 Å². The van der Waals surface area contributed by atoms with Gasteiger partial charge in [-0.15, -0.1) is 0 Å². The fourth-order valence-corrected chi connectivity index (χ4v) is 4.12. The first-order chi connectivity index (χ1) is 10.8. The van der Waals surface area contributed by atoms with Crippen molar-refractivity contribution in [2.45, 2.75) is 24.8 Å². The number of benzene rings is 2. The molecule has 0 radical (unpaired) electrons. The van der Waals surface area contributed by atoms with E-state index in [1.807, 2.05) is 12.1 Å². The maximum atomic E-state index is 11.6. The van der Waals surface area contributed by atoms with Gasteiger partial charge < -0.3 is 5.11 Å². The van der Waals surface area contributed by atoms with Crippen LogP contribution in [0.15, 0.2) is 48.5 Å². The summed E-state index contributed by atoms with van der Waals surface area (Å²) >= 11 is 0. The quantitative estimate of drug-likeness (QED) is 0.918. The molecule has 112 valence electrons. The Morgan fingerprint density at radius 3 is 2.45 bits per heavy atom. The van der Waals surface area contributed by atoms with Gasteiger partial charge in [0, 0.05) is 18.5 Å². The van der Waals surface area contributed by atoms with Crippen LogP contribution in [0.25, 0.3) is 0 Å². The zero-order valence-corrected chi connectivity index (χ0v) is 12.4. The van der Waals surface area contributed by atoms with E-state index in [2.05, 4.69) is 29.2 Å². The monoisotopic (exact) mass is 293 g/mol. The number of aromatic carboxylic acids is 1. The van der Waals surface area contributed by atoms with Crippen molar-refractivity contribution in [3.05, 3.63) is 70.8 Å². The van der Waals surface area contributed by atoms with E-state index in [4.69, 9.17) is 0 Å². The Kier molecular flexibility index (Phi) is 3.23. The Labute approximate surface area is 130 Å². The third-order valence-corrected chi connectivity index (χ3v) is 5.08. The number of rotatable bonds is 2. The Hall–Kier alpha value is -2.13. The molecule has 0 unspecified atom stereocenters. The van der Waals surface area contributed by atoms with Gasteiger partial charge in [-0.1, -0.05) is 42.5 Å². The topological polar surface area (TPSA) is 40.5 Å². The van der Waals surface area contributed by atoms with Crippen LogP contribution < -0.4 is 0 Å². The summed E-state index contributed by atoms with van der Waals surface area (Å²) in [5.74, 6) is -0.686. The van der Waals surface area contributed by atoms with E-state index in [0.29, 0.717) is 11.6 Å². The highest BCUT2D eigenvalue weighted by Gasteiger charge is 2.37. The molecule has 4 rings (SSSR count). The predicted octanol–water partition coefficient (Wildman–Crippen LogP) is 3.67. The van der Waals surface area contributed by atoms with Crippen LogP contribution in [0.2, 0.25) is 0 Å². The molecule has 2 atom stereocenters. The van der Waals surface area contributed by atoms with Crippen molar-refractivity contribution in [1.29, 1.82) is 0 Å². The van der Waals surface area contributed by atoms with Gasteiger partial charge >= 0.3 is 5.97 Å². The number of hydrogen-bond acceptors (Lipinski definition) is 2. The van der Waals surface area contributed by atoms with E-state index >= 15 is 0 Å². The van der Waals surface area contributed by atoms with Crippen LogP contribution in [0.5, 0.6) is 0 Å². The number of carboxylic acids is 1. The molecule has 0 saturated carbocycles. The van der Waals surface area contributed by atoms with Crippen molar-refractivity contribution in [1.82, 2.24) is 4.90 Å². The number of fused-ring (bicyclic) bond motifs is 3. The van der Waals surface area contributed by atoms with E-state index in [1.165, 1.54) is 24.0 Å². The first kappa shape index (κ1) is 13.5. The summed E-state index contributed by atoms with van der Waals surface area (Å²) in [5, 5.41) is 9.52. The Morgan fingerprint density at radius 2 is 1.68 bits per heavy atom. The summed E-state index contributed by atoms with van der Waals surface area (Å²) in [5.41, 5.74) is 4.06. The van der Waals surface area contributed by atoms with Gasteiger partial charge in [-0.2, -0.15) is 0 Å². The summed E-state index contributed by atoms with van der Waals surface area (Å²) in [6, 6.07) is 16.5. The van der Waals surface area contributed by atoms with Crippen LogP contribution in [-0.2, 0) is 0 Å². The first-order valence-electron chi connectivity index (χ1n) is 7.91. The lowest BCUT2D eigenvalue weighted by atomic mass is 9.80. The molecule has 0 bridgehead atoms. The average Bonchev–Trinajstić information content (AvgIpc) is 3.03. The van der Waals surface area contributed by atoms with Crippen molar-refractivity contribution in [2.75, 3.05) is 13.1 Å². The molecule has 2 aromatic rings. The maximum Gasteiger partial charge on any atom is 0.335 e. The largest absolute Gasteiger partial charge is 0.478 e. The van der Waals surface area contributed by atoms with Gasteiger partial charge in [-0.25, -0.2) is 4.79 Å². The van der Waals surface area contributed by atoms with Crippen LogP contribution in [0, 0.1) is 0 Å². The molecule has 3 nitrogen and oxygen atoms in total. The van der Waals surface area contributed by atoms with Crippen LogP contribution in [-0.4, -0.2) is 29.1 Å². The zero-order chi connectivity index (χ0) is 15.1. The third-order valence-electron chi connectivity index (χ3n) is 5.08. The minimum absolute atomic E-state index is 0.151. The van der Waals surface area contributed by atoms with Gasteiger partial charge in [0.15, 0.2) is 0 Å². The minimum Gasteiger partial charge on any atom is -0.478 e. The fraction of sp³-hybridized carbons (Fsp3) is 0.316. The number of hydrogen-bond donors (Lipinski definition) is 1. The van der Waals surface area contributed by atoms with Gasteiger partial charge in [0.05, 0.1) is 5.56 Å². The van der Waals surface area contributed by atoms with Gasteiger partial charge in [0.1, 0.15) is 0 Å². The highest BCUT2D eigenvalue weighted by molar-refractivity contribution is 5.89. The lowest BCUT2D eigenvalue weighted by molar-refractivity contribution is 0.0695. The molecule has 0 amide bonds. The van der Waals surface area contributed by atoms with Gasteiger partial charge in [-0.3, -0.25) is 4.90 Å². The second kappa shape index (κ2) is 5.25. The summed E-state index contributed by atoms with van der Waals surface area (Å²) < 4.78 is 0. The Balaban J connectivity index is 1.86. The lowest BCUT2D eigenvalue weighted by Gasteiger charge is -2.37. The van der Waals surface area contributed by atoms with Crippen LogP contribution in [0.1, 0.15) is 51.8 Å². The highest BCUT2D eigenvalue weighted by Crippen LogP contribution is 2.44. The van der Waals surface area contributed by atoms with E-state index in [0.717, 1.165) is 18.7 Å². The smallest absolute Gasteiger partial charge is 0.335 e. The van der Waals surface area contributed by atoms with Crippen molar-refractivity contribution >= 4 is 5.97 Å². The normalized spacial score (nSPS) is 23.8. The van der Waals surface area contributed by atoms with Gasteiger partial charge in [-0.05, 0) is 42.1 Å². The van der Waals surface area contributed by atoms with Crippen molar-refractivity contribution < 1.29 is 9.90 Å². The number of nitrogens with zero attached hydrogens (tertiary/aromatic N) is 1. The molecule has 2 aliphatic heterocycles. The number of carboxylic acid groups (broad SMARTS) is 1. The summed E-state index contributed by atoms with van der Waals surface area (Å²) in [4.78, 5) is 14.1. The molecule has 2 aromatic carbocycles. The van der Waals surface area contributed by atoms with Crippen molar-refractivity contribution in [2.24, 2.45) is 0 Å². The summed E-state index contributed by atoms with van der Waals surface area (Å²) in [6.45, 7) is 2.04. The van der Waals surface area contributed by atoms with E-state index in [-0.39, 0.29) is 5.92 Å². The molecule has 1 N–H and O–H groups in total. The third kappa shape index (κ3) is 2.04. The van der Waals surface area contributed by atoms with Crippen molar-refractivity contribution in [3.63, 3.8) is 0 Å². The molecule has 0 aromatic heterocycles. The van der Waals surface area contributed by atoms with Crippen LogP contribution >= 0.6 is 0 Å². The highest BCUT2D eigenvalue weighted by atomic mass is 16.4. The molecular formula is C19H19NO2. The summed E-state index contributed by atoms with van der Waals surface area (Å²) in [6.07, 6.45) is 2.44. The second-order valence-corrected chi connectivity index (χ2v) is 6.23. The maximum absolute atomic E-state index is 11.6. The standard InChI is InChI=1S/C19H19NO2/c21-19(22)16-9-4-2-7-14(16)17-12-20-11-5-10-18(20)15-8-3-1-6-13(15)17/h1-4,6-9,17-18H,5,10-12H2,(H,21,22)/t17-,18+/m1/s1. The molecule has 0 spiro atoms. The molecular weight excluding hydrogens is 274 g/mol. The van der Waals surface area contributed by atoms with Crippen molar-refractivity contribution in [3.8, 4) is 0 Å². The lowest BCUT2D eigenvalue weighted by Crippen LogP contribution is -2.35.